The number of carbonyl (C=O) groups excluding carboxylic acids is 1. The molecular weight excluding hydrogens is 230 g/mol. The van der Waals surface area contributed by atoms with E-state index in [2.05, 4.69) is 19.2 Å². The van der Waals surface area contributed by atoms with Crippen LogP contribution in [0.25, 0.3) is 0 Å². The Morgan fingerprint density at radius 1 is 1.33 bits per heavy atom. The highest BCUT2D eigenvalue weighted by atomic mass is 16.3. The number of hydrogen-bond donors (Lipinski definition) is 1. The smallest absolute Gasteiger partial charge is 0.320 e. The third-order valence-electron chi connectivity index (χ3n) is 3.05. The van der Waals surface area contributed by atoms with Crippen molar-refractivity contribution in [2.24, 2.45) is 0 Å². The van der Waals surface area contributed by atoms with Crippen LogP contribution in [-0.4, -0.2) is 42.0 Å². The van der Waals surface area contributed by atoms with E-state index in [0.29, 0.717) is 12.6 Å². The standard InChI is InChI=1S/C13H21N3O2/c1-10(2)14-8-11-4-5-12(18-11)9-16-7-6-15(3)13(16)17/h4-5,10,14H,6-9H2,1-3H3. The number of nitrogens with zero attached hydrogens (tertiary/aromatic N) is 2. The zero-order valence-electron chi connectivity index (χ0n) is 11.3. The van der Waals surface area contributed by atoms with E-state index >= 15 is 0 Å². The molecule has 5 heteroatoms. The number of furan rings is 1. The SMILES string of the molecule is CC(C)NCc1ccc(CN2CCN(C)C2=O)o1. The molecule has 1 fully saturated rings. The predicted molar refractivity (Wildman–Crippen MR) is 69.1 cm³/mol. The summed E-state index contributed by atoms with van der Waals surface area (Å²) >= 11 is 0. The molecule has 0 aromatic carbocycles. The average Bonchev–Trinajstić information content (AvgIpc) is 2.89. The van der Waals surface area contributed by atoms with E-state index in [-0.39, 0.29) is 6.03 Å². The Hall–Kier alpha value is -1.49. The second-order valence-corrected chi connectivity index (χ2v) is 5.03. The maximum atomic E-state index is 11.7. The van der Waals surface area contributed by atoms with Gasteiger partial charge in [-0.05, 0) is 12.1 Å². The lowest BCUT2D eigenvalue weighted by molar-refractivity contribution is 0.193. The molecule has 0 unspecified atom stereocenters. The zero-order chi connectivity index (χ0) is 13.1. The van der Waals surface area contributed by atoms with E-state index in [4.69, 9.17) is 4.42 Å². The number of urea groups is 1. The van der Waals surface area contributed by atoms with Gasteiger partial charge in [0.15, 0.2) is 0 Å². The third kappa shape index (κ3) is 3.04. The topological polar surface area (TPSA) is 48.7 Å². The number of hydrogen-bond acceptors (Lipinski definition) is 3. The van der Waals surface area contributed by atoms with E-state index in [9.17, 15) is 4.79 Å². The van der Waals surface area contributed by atoms with E-state index in [1.165, 1.54) is 0 Å². The number of nitrogens with one attached hydrogen (secondary N) is 1. The Labute approximate surface area is 108 Å². The number of carbonyl (C=O) groups is 1. The van der Waals surface area contributed by atoms with E-state index < -0.39 is 0 Å². The molecule has 2 amide bonds. The minimum atomic E-state index is 0.0771. The van der Waals surface area contributed by atoms with Gasteiger partial charge in [0.25, 0.3) is 0 Å². The summed E-state index contributed by atoms with van der Waals surface area (Å²) in [4.78, 5) is 15.3. The molecule has 0 radical (unpaired) electrons. The van der Waals surface area contributed by atoms with Gasteiger partial charge in [-0.15, -0.1) is 0 Å². The van der Waals surface area contributed by atoms with Crippen LogP contribution in [-0.2, 0) is 13.1 Å². The Morgan fingerprint density at radius 2 is 2.06 bits per heavy atom. The third-order valence-corrected chi connectivity index (χ3v) is 3.05. The van der Waals surface area contributed by atoms with E-state index in [1.54, 1.807) is 9.80 Å². The predicted octanol–water partition coefficient (Wildman–Crippen LogP) is 1.65. The highest BCUT2D eigenvalue weighted by Crippen LogP contribution is 2.14. The molecule has 5 nitrogen and oxygen atoms in total. The fourth-order valence-electron chi connectivity index (χ4n) is 1.95. The van der Waals surface area contributed by atoms with Crippen LogP contribution in [0, 0.1) is 0 Å². The first kappa shape index (κ1) is 13.0. The van der Waals surface area contributed by atoms with Crippen LogP contribution in [0.4, 0.5) is 4.79 Å². The van der Waals surface area contributed by atoms with Crippen molar-refractivity contribution in [3.8, 4) is 0 Å². The molecule has 0 saturated carbocycles. The first-order chi connectivity index (χ1) is 8.56. The van der Waals surface area contributed by atoms with Crippen LogP contribution < -0.4 is 5.32 Å². The van der Waals surface area contributed by atoms with Gasteiger partial charge in [-0.2, -0.15) is 0 Å². The van der Waals surface area contributed by atoms with Crippen molar-refractivity contribution in [1.82, 2.24) is 15.1 Å². The summed E-state index contributed by atoms with van der Waals surface area (Å²) in [5.41, 5.74) is 0. The van der Waals surface area contributed by atoms with Crippen molar-refractivity contribution >= 4 is 6.03 Å². The molecule has 0 atom stereocenters. The van der Waals surface area contributed by atoms with Gasteiger partial charge in [0.1, 0.15) is 11.5 Å². The first-order valence-corrected chi connectivity index (χ1v) is 6.37. The monoisotopic (exact) mass is 251 g/mol. The summed E-state index contributed by atoms with van der Waals surface area (Å²) in [5.74, 6) is 1.76. The van der Waals surface area contributed by atoms with Gasteiger partial charge in [-0.3, -0.25) is 0 Å². The van der Waals surface area contributed by atoms with Gasteiger partial charge in [0.05, 0.1) is 13.1 Å². The summed E-state index contributed by atoms with van der Waals surface area (Å²) < 4.78 is 5.70. The lowest BCUT2D eigenvalue weighted by Gasteiger charge is -2.14. The Bertz CT molecular complexity index is 414. The fraction of sp³-hybridized carbons (Fsp3) is 0.615. The summed E-state index contributed by atoms with van der Waals surface area (Å²) in [5, 5.41) is 3.30. The fourth-order valence-corrected chi connectivity index (χ4v) is 1.95. The van der Waals surface area contributed by atoms with Crippen molar-refractivity contribution in [3.05, 3.63) is 23.7 Å². The Balaban J connectivity index is 1.89. The molecule has 2 rings (SSSR count). The van der Waals surface area contributed by atoms with Gasteiger partial charge in [-0.25, -0.2) is 4.79 Å². The van der Waals surface area contributed by atoms with Crippen LogP contribution in [0.3, 0.4) is 0 Å². The maximum Gasteiger partial charge on any atom is 0.320 e. The Kier molecular flexibility index (Phi) is 3.91. The van der Waals surface area contributed by atoms with Gasteiger partial charge < -0.3 is 19.5 Å². The molecule has 0 aliphatic carbocycles. The first-order valence-electron chi connectivity index (χ1n) is 6.37. The number of amides is 2. The van der Waals surface area contributed by atoms with Gasteiger partial charge >= 0.3 is 6.03 Å². The molecular formula is C13H21N3O2. The van der Waals surface area contributed by atoms with Crippen LogP contribution in [0.5, 0.6) is 0 Å². The molecule has 1 aromatic rings. The second-order valence-electron chi connectivity index (χ2n) is 5.03. The lowest BCUT2D eigenvalue weighted by atomic mass is 10.3. The number of rotatable bonds is 5. The van der Waals surface area contributed by atoms with E-state index in [0.717, 1.165) is 31.2 Å². The van der Waals surface area contributed by atoms with Gasteiger partial charge in [0.2, 0.25) is 0 Å². The summed E-state index contributed by atoms with van der Waals surface area (Å²) in [6.45, 7) is 7.05. The number of likely N-dealkylation sites (N-methyl/N-ethyl adjacent to an activating group) is 1. The summed E-state index contributed by atoms with van der Waals surface area (Å²) in [6, 6.07) is 4.43. The molecule has 100 valence electrons. The van der Waals surface area contributed by atoms with Crippen molar-refractivity contribution in [1.29, 1.82) is 0 Å². The highest BCUT2D eigenvalue weighted by Gasteiger charge is 2.25. The molecule has 1 aliphatic rings. The lowest BCUT2D eigenvalue weighted by Crippen LogP contribution is -2.28. The summed E-state index contributed by atoms with van der Waals surface area (Å²) in [6.07, 6.45) is 0. The minimum absolute atomic E-state index is 0.0771. The molecule has 1 saturated heterocycles. The second kappa shape index (κ2) is 5.44. The summed E-state index contributed by atoms with van der Waals surface area (Å²) in [7, 11) is 1.82. The molecule has 0 bridgehead atoms. The van der Waals surface area contributed by atoms with Crippen molar-refractivity contribution in [2.75, 3.05) is 20.1 Å². The van der Waals surface area contributed by atoms with E-state index in [1.807, 2.05) is 19.2 Å². The van der Waals surface area contributed by atoms with Gasteiger partial charge in [0, 0.05) is 26.2 Å². The highest BCUT2D eigenvalue weighted by molar-refractivity contribution is 5.76. The largest absolute Gasteiger partial charge is 0.463 e. The normalized spacial score (nSPS) is 16.1. The molecule has 2 heterocycles. The molecule has 1 aliphatic heterocycles. The zero-order valence-corrected chi connectivity index (χ0v) is 11.3. The Morgan fingerprint density at radius 3 is 2.67 bits per heavy atom. The van der Waals surface area contributed by atoms with Crippen molar-refractivity contribution in [3.63, 3.8) is 0 Å². The van der Waals surface area contributed by atoms with Crippen LogP contribution in [0.1, 0.15) is 25.4 Å². The van der Waals surface area contributed by atoms with Crippen molar-refractivity contribution < 1.29 is 9.21 Å². The molecule has 1 aromatic heterocycles. The van der Waals surface area contributed by atoms with Crippen LogP contribution >= 0.6 is 0 Å². The van der Waals surface area contributed by atoms with Crippen molar-refractivity contribution in [2.45, 2.75) is 33.0 Å². The quantitative estimate of drug-likeness (QED) is 0.865. The van der Waals surface area contributed by atoms with Crippen LogP contribution in [0.15, 0.2) is 16.5 Å². The molecule has 0 spiro atoms. The molecule has 1 N–H and O–H groups in total. The molecule has 18 heavy (non-hydrogen) atoms. The maximum absolute atomic E-state index is 11.7. The van der Waals surface area contributed by atoms with Gasteiger partial charge in [-0.1, -0.05) is 13.8 Å². The van der Waals surface area contributed by atoms with Crippen LogP contribution in [0.2, 0.25) is 0 Å². The minimum Gasteiger partial charge on any atom is -0.463 e. The average molecular weight is 251 g/mol.